The number of ether oxygens (including phenoxy) is 1. The highest BCUT2D eigenvalue weighted by molar-refractivity contribution is 8.01. The quantitative estimate of drug-likeness (QED) is 0.205. The van der Waals surface area contributed by atoms with Gasteiger partial charge in [0.15, 0.2) is 5.78 Å². The molecule has 0 spiro atoms. The lowest BCUT2D eigenvalue weighted by Crippen LogP contribution is -2.69. The van der Waals surface area contributed by atoms with Crippen molar-refractivity contribution in [2.75, 3.05) is 0 Å². The lowest BCUT2D eigenvalue weighted by molar-refractivity contribution is -0.384. The van der Waals surface area contributed by atoms with Crippen LogP contribution in [-0.4, -0.2) is 49.6 Å². The van der Waals surface area contributed by atoms with Gasteiger partial charge in [0.1, 0.15) is 6.61 Å². The normalized spacial score (nSPS) is 24.7. The van der Waals surface area contributed by atoms with Gasteiger partial charge in [-0.05, 0) is 30.2 Å². The van der Waals surface area contributed by atoms with Crippen molar-refractivity contribution in [1.29, 1.82) is 0 Å². The second-order valence-corrected chi connectivity index (χ2v) is 9.26. The van der Waals surface area contributed by atoms with E-state index in [9.17, 15) is 29.6 Å². The third kappa shape index (κ3) is 4.00. The molecule has 172 valence electrons. The first-order valence-corrected chi connectivity index (χ1v) is 11.4. The van der Waals surface area contributed by atoms with Gasteiger partial charge in [0.2, 0.25) is 10.8 Å². The fraction of sp³-hybridized carbons (Fsp3) is 0.348. The van der Waals surface area contributed by atoms with Gasteiger partial charge in [-0.1, -0.05) is 30.3 Å². The number of nitro groups is 1. The molecule has 4 rings (SSSR count). The number of fused-ring (bicyclic) bond motifs is 1. The molecule has 0 aliphatic carbocycles. The summed E-state index contributed by atoms with van der Waals surface area (Å²) >= 11 is 1.03. The summed E-state index contributed by atoms with van der Waals surface area (Å²) in [5.74, 6) is -2.16. The molecule has 0 saturated carbocycles. The van der Waals surface area contributed by atoms with Crippen LogP contribution in [-0.2, 0) is 31.5 Å². The summed E-state index contributed by atoms with van der Waals surface area (Å²) in [6, 6.07) is 14.2. The molecule has 33 heavy (non-hydrogen) atoms. The number of Topliss-reactive ketones (excluding diaryl/α,β-unsaturated/α-hetero) is 1. The molecule has 2 aliphatic heterocycles. The van der Waals surface area contributed by atoms with Crippen molar-refractivity contribution in [3.8, 4) is 0 Å². The maximum Gasteiger partial charge on any atom is 0.351 e. The number of esters is 1. The average molecular weight is 471 g/mol. The third-order valence-electron chi connectivity index (χ3n) is 5.98. The molecule has 4 atom stereocenters. The van der Waals surface area contributed by atoms with Crippen molar-refractivity contribution in [3.63, 3.8) is 0 Å². The fourth-order valence-electron chi connectivity index (χ4n) is 4.31. The first kappa shape index (κ1) is 22.9. The number of hydrogen-bond donors (Lipinski definition) is 1. The average Bonchev–Trinajstić information content (AvgIpc) is 3.05. The highest BCUT2D eigenvalue weighted by Gasteiger charge is 2.70. The first-order chi connectivity index (χ1) is 15.8. The van der Waals surface area contributed by atoms with Crippen LogP contribution in [0, 0.1) is 16.0 Å². The predicted molar refractivity (Wildman–Crippen MR) is 119 cm³/mol. The minimum Gasteiger partial charge on any atom is -0.458 e. The van der Waals surface area contributed by atoms with E-state index >= 15 is 0 Å². The smallest absolute Gasteiger partial charge is 0.351 e. The zero-order chi connectivity index (χ0) is 23.8. The number of β-lactam (4-membered cyclic amide) rings is 1. The molecular formula is C23H22N2O7S. The van der Waals surface area contributed by atoms with E-state index in [2.05, 4.69) is 0 Å². The Morgan fingerprint density at radius 2 is 1.88 bits per heavy atom. The Morgan fingerprint density at radius 1 is 1.21 bits per heavy atom. The van der Waals surface area contributed by atoms with Crippen molar-refractivity contribution in [2.24, 2.45) is 5.92 Å². The van der Waals surface area contributed by atoms with Gasteiger partial charge in [-0.2, -0.15) is 0 Å². The number of nitro benzene ring substituents is 1. The zero-order valence-corrected chi connectivity index (χ0v) is 18.6. The monoisotopic (exact) mass is 470 g/mol. The molecule has 9 nitrogen and oxygen atoms in total. The number of amides is 1. The minimum absolute atomic E-state index is 0.0320. The minimum atomic E-state index is -1.83. The number of rotatable bonds is 8. The number of carbonyl (C=O) groups excluding carboxylic acids is 3. The summed E-state index contributed by atoms with van der Waals surface area (Å²) in [5.41, 5.74) is 1.29. The molecule has 0 radical (unpaired) electrons. The van der Waals surface area contributed by atoms with Crippen LogP contribution >= 0.6 is 11.8 Å². The van der Waals surface area contributed by atoms with Crippen LogP contribution in [0.5, 0.6) is 0 Å². The third-order valence-corrected chi connectivity index (χ3v) is 7.47. The number of thioether (sulfide) groups is 1. The Labute approximate surface area is 193 Å². The van der Waals surface area contributed by atoms with Crippen molar-refractivity contribution < 1.29 is 29.2 Å². The maximum atomic E-state index is 13.3. The largest absolute Gasteiger partial charge is 0.458 e. The molecule has 1 N–H and O–H groups in total. The second-order valence-electron chi connectivity index (χ2n) is 8.09. The lowest BCUT2D eigenvalue weighted by atomic mass is 9.84. The Balaban J connectivity index is 1.57. The van der Waals surface area contributed by atoms with Crippen LogP contribution in [0.25, 0.3) is 0 Å². The van der Waals surface area contributed by atoms with Crippen molar-refractivity contribution in [3.05, 3.63) is 75.8 Å². The van der Waals surface area contributed by atoms with Crippen LogP contribution in [0.4, 0.5) is 5.69 Å². The SMILES string of the molecule is C[C@@H](O)[C@H]1C(=O)N2[C@@H]1CC(=O)[C@@]2(SCc1ccccc1)C(=O)OCc1ccc([N+](=O)[O-])cc1. The summed E-state index contributed by atoms with van der Waals surface area (Å²) in [7, 11) is 0. The van der Waals surface area contributed by atoms with Gasteiger partial charge >= 0.3 is 5.97 Å². The maximum absolute atomic E-state index is 13.3. The molecule has 10 heteroatoms. The summed E-state index contributed by atoms with van der Waals surface area (Å²) in [4.78, 5) is 49.1. The molecule has 2 aliphatic rings. The number of hydrogen-bond acceptors (Lipinski definition) is 8. The highest BCUT2D eigenvalue weighted by atomic mass is 32.2. The van der Waals surface area contributed by atoms with Crippen LogP contribution in [0.3, 0.4) is 0 Å². The number of ketones is 1. The topological polar surface area (TPSA) is 127 Å². The Hall–Kier alpha value is -3.24. The Morgan fingerprint density at radius 3 is 2.48 bits per heavy atom. The van der Waals surface area contributed by atoms with E-state index in [4.69, 9.17) is 4.74 Å². The Bertz CT molecular complexity index is 1090. The van der Waals surface area contributed by atoms with E-state index in [1.54, 1.807) is 0 Å². The van der Waals surface area contributed by atoms with E-state index in [1.807, 2.05) is 30.3 Å². The second kappa shape index (κ2) is 8.95. The van der Waals surface area contributed by atoms with E-state index in [0.29, 0.717) is 11.3 Å². The molecule has 2 aromatic rings. The van der Waals surface area contributed by atoms with Crippen molar-refractivity contribution >= 4 is 35.1 Å². The molecule has 0 bridgehead atoms. The molecule has 2 aromatic carbocycles. The van der Waals surface area contributed by atoms with Crippen LogP contribution in [0.2, 0.25) is 0 Å². The van der Waals surface area contributed by atoms with Crippen molar-refractivity contribution in [2.45, 2.75) is 42.7 Å². The molecule has 0 aromatic heterocycles. The van der Waals surface area contributed by atoms with Crippen LogP contribution in [0.1, 0.15) is 24.5 Å². The zero-order valence-electron chi connectivity index (χ0n) is 17.7. The molecule has 1 amide bonds. The summed E-state index contributed by atoms with van der Waals surface area (Å²) in [5, 5.41) is 20.8. The van der Waals surface area contributed by atoms with Crippen LogP contribution in [0.15, 0.2) is 54.6 Å². The summed E-state index contributed by atoms with van der Waals surface area (Å²) < 4.78 is 5.46. The molecule has 2 saturated heterocycles. The number of benzene rings is 2. The van der Waals surface area contributed by atoms with E-state index in [1.165, 1.54) is 36.1 Å². The predicted octanol–water partition coefficient (Wildman–Crippen LogP) is 2.45. The van der Waals surface area contributed by atoms with Crippen molar-refractivity contribution in [1.82, 2.24) is 4.90 Å². The molecule has 2 fully saturated rings. The lowest BCUT2D eigenvalue weighted by Gasteiger charge is -2.49. The molecular weight excluding hydrogens is 448 g/mol. The number of non-ortho nitro benzene ring substituents is 1. The first-order valence-electron chi connectivity index (χ1n) is 10.4. The standard InChI is InChI=1S/C23H22N2O7S/c1-14(26)20-18-11-19(27)23(24(18)21(20)28,33-13-16-5-3-2-4-6-16)22(29)32-12-15-7-9-17(10-8-15)25(30)31/h2-10,14,18,20,26H,11-13H2,1H3/t14-,18-,20-,23-/m1/s1. The van der Waals surface area contributed by atoms with E-state index in [0.717, 1.165) is 17.3 Å². The number of aliphatic hydroxyl groups is 1. The van der Waals surface area contributed by atoms with E-state index < -0.39 is 45.5 Å². The Kier molecular flexibility index (Phi) is 6.22. The van der Waals surface area contributed by atoms with Gasteiger partial charge in [-0.3, -0.25) is 19.7 Å². The van der Waals surface area contributed by atoms with Gasteiger partial charge < -0.3 is 14.7 Å². The highest BCUT2D eigenvalue weighted by Crippen LogP contribution is 2.51. The van der Waals surface area contributed by atoms with E-state index in [-0.39, 0.29) is 18.7 Å². The van der Waals surface area contributed by atoms with Gasteiger partial charge in [0.05, 0.1) is 23.0 Å². The fourth-order valence-corrected chi connectivity index (χ4v) is 5.66. The number of aliphatic hydroxyl groups excluding tert-OH is 1. The molecule has 2 heterocycles. The summed E-state index contributed by atoms with van der Waals surface area (Å²) in [6.07, 6.45) is -0.965. The summed E-state index contributed by atoms with van der Waals surface area (Å²) in [6.45, 7) is 1.29. The van der Waals surface area contributed by atoms with Gasteiger partial charge in [0.25, 0.3) is 5.69 Å². The van der Waals surface area contributed by atoms with Crippen LogP contribution < -0.4 is 0 Å². The number of carbonyl (C=O) groups is 3. The van der Waals surface area contributed by atoms with Gasteiger partial charge in [-0.15, -0.1) is 11.8 Å². The molecule has 0 unspecified atom stereocenters. The van der Waals surface area contributed by atoms with Gasteiger partial charge in [-0.25, -0.2) is 4.79 Å². The number of nitrogens with zero attached hydrogens (tertiary/aromatic N) is 2. The van der Waals surface area contributed by atoms with Gasteiger partial charge in [0, 0.05) is 24.3 Å².